The van der Waals surface area contributed by atoms with Gasteiger partial charge in [0.1, 0.15) is 11.6 Å². The lowest BCUT2D eigenvalue weighted by Gasteiger charge is -2.29. The molecule has 0 saturated carbocycles. The lowest BCUT2D eigenvalue weighted by atomic mass is 10.1. The lowest BCUT2D eigenvalue weighted by Crippen LogP contribution is -2.37. The summed E-state index contributed by atoms with van der Waals surface area (Å²) in [5.41, 5.74) is 2.15. The molecule has 1 aliphatic heterocycles. The fourth-order valence-electron chi connectivity index (χ4n) is 2.29. The van der Waals surface area contributed by atoms with Crippen LogP contribution in [0.4, 0.5) is 5.82 Å². The number of phenolic OH excluding ortho intramolecular Hbond substituents is 1. The third kappa shape index (κ3) is 2.53. The molecule has 0 atom stereocenters. The van der Waals surface area contributed by atoms with E-state index in [-0.39, 0.29) is 5.75 Å². The second kappa shape index (κ2) is 5.28. The first kappa shape index (κ1) is 12.0. The van der Waals surface area contributed by atoms with Gasteiger partial charge in [-0.3, -0.25) is 0 Å². The molecule has 0 aliphatic carbocycles. The molecule has 0 unspecified atom stereocenters. The molecule has 1 aliphatic rings. The molecule has 4 nitrogen and oxygen atoms in total. The van der Waals surface area contributed by atoms with Crippen molar-refractivity contribution in [3.63, 3.8) is 0 Å². The highest BCUT2D eigenvalue weighted by atomic mass is 16.5. The number of aromatic hydroxyl groups is 1. The summed E-state index contributed by atoms with van der Waals surface area (Å²) in [5, 5.41) is 9.38. The molecular formula is C15H16N2O2. The van der Waals surface area contributed by atoms with Crippen molar-refractivity contribution >= 4 is 5.82 Å². The summed E-state index contributed by atoms with van der Waals surface area (Å²) in [7, 11) is 0. The molecule has 3 rings (SSSR count). The zero-order valence-electron chi connectivity index (χ0n) is 10.6. The Hall–Kier alpha value is -2.07. The standard InChI is InChI=1S/C15H16N2O2/c18-13-5-3-12(4-6-13)14-2-1-7-16-15(14)17-8-10-19-11-9-17/h1-7,18H,8-11H2. The van der Waals surface area contributed by atoms with Gasteiger partial charge < -0.3 is 14.7 Å². The normalized spacial score (nSPS) is 15.5. The van der Waals surface area contributed by atoms with Crippen LogP contribution >= 0.6 is 0 Å². The summed E-state index contributed by atoms with van der Waals surface area (Å²) in [5.74, 6) is 1.26. The summed E-state index contributed by atoms with van der Waals surface area (Å²) in [6.45, 7) is 3.21. The van der Waals surface area contributed by atoms with Gasteiger partial charge in [-0.1, -0.05) is 12.1 Å². The average molecular weight is 256 g/mol. The highest BCUT2D eigenvalue weighted by Crippen LogP contribution is 2.30. The van der Waals surface area contributed by atoms with Gasteiger partial charge in [0.05, 0.1) is 13.2 Å². The molecule has 0 bridgehead atoms. The SMILES string of the molecule is Oc1ccc(-c2cccnc2N2CCOCC2)cc1. The van der Waals surface area contributed by atoms with Crippen molar-refractivity contribution in [2.45, 2.75) is 0 Å². The van der Waals surface area contributed by atoms with E-state index in [9.17, 15) is 5.11 Å². The Morgan fingerprint density at radius 3 is 2.53 bits per heavy atom. The van der Waals surface area contributed by atoms with E-state index in [1.54, 1.807) is 12.1 Å². The fourth-order valence-corrected chi connectivity index (χ4v) is 2.29. The van der Waals surface area contributed by atoms with Crippen LogP contribution in [0.25, 0.3) is 11.1 Å². The van der Waals surface area contributed by atoms with Crippen LogP contribution < -0.4 is 4.90 Å². The number of pyridine rings is 1. The number of anilines is 1. The second-order valence-electron chi connectivity index (χ2n) is 4.52. The molecule has 0 radical (unpaired) electrons. The topological polar surface area (TPSA) is 45.6 Å². The summed E-state index contributed by atoms with van der Waals surface area (Å²) >= 11 is 0. The molecule has 1 N–H and O–H groups in total. The first-order chi connectivity index (χ1) is 9.34. The van der Waals surface area contributed by atoms with Gasteiger partial charge in [-0.15, -0.1) is 0 Å². The Bertz CT molecular complexity index is 548. The van der Waals surface area contributed by atoms with E-state index >= 15 is 0 Å². The highest BCUT2D eigenvalue weighted by Gasteiger charge is 2.16. The van der Waals surface area contributed by atoms with Crippen molar-refractivity contribution in [2.24, 2.45) is 0 Å². The molecule has 2 heterocycles. The number of hydrogen-bond acceptors (Lipinski definition) is 4. The number of aromatic nitrogens is 1. The number of phenols is 1. The number of nitrogens with zero attached hydrogens (tertiary/aromatic N) is 2. The third-order valence-corrected chi connectivity index (χ3v) is 3.28. The first-order valence-corrected chi connectivity index (χ1v) is 6.42. The minimum atomic E-state index is 0.278. The van der Waals surface area contributed by atoms with Crippen LogP contribution in [0.2, 0.25) is 0 Å². The molecular weight excluding hydrogens is 240 g/mol. The molecule has 1 aromatic heterocycles. The summed E-state index contributed by atoms with van der Waals surface area (Å²) in [6.07, 6.45) is 1.81. The van der Waals surface area contributed by atoms with E-state index in [1.165, 1.54) is 0 Å². The van der Waals surface area contributed by atoms with Gasteiger partial charge in [0.2, 0.25) is 0 Å². The maximum Gasteiger partial charge on any atom is 0.136 e. The molecule has 0 spiro atoms. The fraction of sp³-hybridized carbons (Fsp3) is 0.267. The Kier molecular flexibility index (Phi) is 3.33. The van der Waals surface area contributed by atoms with Crippen LogP contribution in [0.3, 0.4) is 0 Å². The minimum Gasteiger partial charge on any atom is -0.508 e. The Morgan fingerprint density at radius 2 is 1.79 bits per heavy atom. The van der Waals surface area contributed by atoms with Gasteiger partial charge in [-0.2, -0.15) is 0 Å². The smallest absolute Gasteiger partial charge is 0.136 e. The molecule has 98 valence electrons. The van der Waals surface area contributed by atoms with Crippen LogP contribution in [0.1, 0.15) is 0 Å². The summed E-state index contributed by atoms with van der Waals surface area (Å²) < 4.78 is 5.38. The summed E-state index contributed by atoms with van der Waals surface area (Å²) in [6, 6.07) is 11.2. The zero-order valence-corrected chi connectivity index (χ0v) is 10.6. The first-order valence-electron chi connectivity index (χ1n) is 6.42. The van der Waals surface area contributed by atoms with Gasteiger partial charge in [0.15, 0.2) is 0 Å². The zero-order chi connectivity index (χ0) is 13.1. The van der Waals surface area contributed by atoms with Crippen LogP contribution in [0.15, 0.2) is 42.6 Å². The highest BCUT2D eigenvalue weighted by molar-refractivity contribution is 5.76. The van der Waals surface area contributed by atoms with Crippen molar-refractivity contribution < 1.29 is 9.84 Å². The molecule has 1 saturated heterocycles. The Morgan fingerprint density at radius 1 is 1.05 bits per heavy atom. The molecule has 2 aromatic rings. The molecule has 1 aromatic carbocycles. The largest absolute Gasteiger partial charge is 0.508 e. The van der Waals surface area contributed by atoms with Crippen LogP contribution in [-0.4, -0.2) is 36.4 Å². The monoisotopic (exact) mass is 256 g/mol. The van der Waals surface area contributed by atoms with E-state index < -0.39 is 0 Å². The van der Waals surface area contributed by atoms with E-state index in [4.69, 9.17) is 4.74 Å². The number of hydrogen-bond donors (Lipinski definition) is 1. The van der Waals surface area contributed by atoms with Crippen LogP contribution in [0, 0.1) is 0 Å². The van der Waals surface area contributed by atoms with E-state index in [0.717, 1.165) is 43.2 Å². The number of rotatable bonds is 2. The minimum absolute atomic E-state index is 0.278. The van der Waals surface area contributed by atoms with Gasteiger partial charge in [-0.05, 0) is 29.8 Å². The Balaban J connectivity index is 1.98. The number of benzene rings is 1. The van der Waals surface area contributed by atoms with Crippen molar-refractivity contribution in [3.05, 3.63) is 42.6 Å². The van der Waals surface area contributed by atoms with Crippen molar-refractivity contribution in [1.82, 2.24) is 4.98 Å². The maximum absolute atomic E-state index is 9.38. The van der Waals surface area contributed by atoms with Crippen molar-refractivity contribution in [3.8, 4) is 16.9 Å². The number of ether oxygens (including phenoxy) is 1. The van der Waals surface area contributed by atoms with Gasteiger partial charge in [0, 0.05) is 24.8 Å². The van der Waals surface area contributed by atoms with E-state index in [0.29, 0.717) is 0 Å². The Labute approximate surface area is 112 Å². The van der Waals surface area contributed by atoms with Crippen molar-refractivity contribution in [1.29, 1.82) is 0 Å². The lowest BCUT2D eigenvalue weighted by molar-refractivity contribution is 0.122. The van der Waals surface area contributed by atoms with Gasteiger partial charge in [0.25, 0.3) is 0 Å². The quantitative estimate of drug-likeness (QED) is 0.895. The van der Waals surface area contributed by atoms with Crippen LogP contribution in [-0.2, 0) is 4.74 Å². The van der Waals surface area contributed by atoms with E-state index in [2.05, 4.69) is 16.0 Å². The number of morpholine rings is 1. The van der Waals surface area contributed by atoms with Gasteiger partial charge >= 0.3 is 0 Å². The molecule has 1 fully saturated rings. The van der Waals surface area contributed by atoms with Crippen molar-refractivity contribution in [2.75, 3.05) is 31.2 Å². The third-order valence-electron chi connectivity index (χ3n) is 3.28. The van der Waals surface area contributed by atoms with Crippen LogP contribution in [0.5, 0.6) is 5.75 Å². The second-order valence-corrected chi connectivity index (χ2v) is 4.52. The predicted octanol–water partition coefficient (Wildman–Crippen LogP) is 2.29. The van der Waals surface area contributed by atoms with Gasteiger partial charge in [-0.25, -0.2) is 4.98 Å². The summed E-state index contributed by atoms with van der Waals surface area (Å²) in [4.78, 5) is 6.75. The van der Waals surface area contributed by atoms with E-state index in [1.807, 2.05) is 24.4 Å². The molecule has 19 heavy (non-hydrogen) atoms. The molecule has 4 heteroatoms. The average Bonchev–Trinajstić information content (AvgIpc) is 2.49. The molecule has 0 amide bonds. The predicted molar refractivity (Wildman–Crippen MR) is 74.4 cm³/mol. The maximum atomic E-state index is 9.38.